The number of fused-ring (bicyclic) bond motifs is 2. The van der Waals surface area contributed by atoms with Crippen molar-refractivity contribution in [3.8, 4) is 5.88 Å². The summed E-state index contributed by atoms with van der Waals surface area (Å²) >= 11 is 0. The van der Waals surface area contributed by atoms with Crippen LogP contribution in [0.5, 0.6) is 5.88 Å². The summed E-state index contributed by atoms with van der Waals surface area (Å²) < 4.78 is 6.62. The first-order valence-corrected chi connectivity index (χ1v) is 5.68. The minimum absolute atomic E-state index is 0.246. The lowest BCUT2D eigenvalue weighted by molar-refractivity contribution is 0.130. The number of nitrogens with zero attached hydrogens (tertiary/aromatic N) is 2. The van der Waals surface area contributed by atoms with Crippen LogP contribution in [-0.2, 0) is 0 Å². The maximum atomic E-state index is 10.6. The molecule has 0 amide bonds. The summed E-state index contributed by atoms with van der Waals surface area (Å²) in [6, 6.07) is 1.61. The molecule has 86 valence electrons. The molecule has 2 aliphatic rings. The highest BCUT2D eigenvalue weighted by Crippen LogP contribution is 2.45. The summed E-state index contributed by atoms with van der Waals surface area (Å²) in [5.41, 5.74) is 0. The molecule has 1 aromatic rings. The van der Waals surface area contributed by atoms with Gasteiger partial charge in [0, 0.05) is 12.3 Å². The highest BCUT2D eigenvalue weighted by atomic mass is 16.5. The maximum absolute atomic E-state index is 10.6. The van der Waals surface area contributed by atoms with E-state index in [-0.39, 0.29) is 6.10 Å². The molecule has 0 aromatic carbocycles. The third-order valence-electron chi connectivity index (χ3n) is 3.71. The van der Waals surface area contributed by atoms with Gasteiger partial charge in [-0.3, -0.25) is 0 Å². The second-order valence-corrected chi connectivity index (χ2v) is 4.71. The first-order valence-electron chi connectivity index (χ1n) is 5.68. The molecular formula is C11H14N2O3. The zero-order chi connectivity index (χ0) is 11.1. The smallest absolute Gasteiger partial charge is 0.432 e. The molecule has 0 unspecified atom stereocenters. The number of carbonyl (C=O) groups is 1. The molecule has 2 bridgehead atoms. The summed E-state index contributed by atoms with van der Waals surface area (Å²) in [5.74, 6) is 1.90. The highest BCUT2D eigenvalue weighted by Gasteiger charge is 2.41. The monoisotopic (exact) mass is 222 g/mol. The standard InChI is InChI=1S/C11H14N2O3/c14-11(15)13-4-3-10(12-13)16-9-6-7-1-2-8(9)5-7/h3-4,7-9H,1-2,5-6H2,(H,14,15)/t7-,8+,9+/m1/s1. The van der Waals surface area contributed by atoms with Crippen molar-refractivity contribution in [1.29, 1.82) is 0 Å². The lowest BCUT2D eigenvalue weighted by Crippen LogP contribution is -2.23. The van der Waals surface area contributed by atoms with E-state index in [1.807, 2.05) is 0 Å². The third kappa shape index (κ3) is 1.56. The fourth-order valence-corrected chi connectivity index (χ4v) is 2.96. The molecule has 1 N–H and O–H groups in total. The Labute approximate surface area is 93.0 Å². The minimum Gasteiger partial charge on any atom is -0.473 e. The van der Waals surface area contributed by atoms with Crippen LogP contribution in [0.1, 0.15) is 25.7 Å². The number of ether oxygens (including phenoxy) is 1. The van der Waals surface area contributed by atoms with E-state index >= 15 is 0 Å². The van der Waals surface area contributed by atoms with Crippen molar-refractivity contribution >= 4 is 6.09 Å². The van der Waals surface area contributed by atoms with Gasteiger partial charge in [-0.25, -0.2) is 4.79 Å². The molecular weight excluding hydrogens is 208 g/mol. The highest BCUT2D eigenvalue weighted by molar-refractivity contribution is 5.66. The Morgan fingerprint density at radius 2 is 2.38 bits per heavy atom. The van der Waals surface area contributed by atoms with Gasteiger partial charge in [-0.15, -0.1) is 5.10 Å². The number of hydrogen-bond donors (Lipinski definition) is 1. The number of carboxylic acid groups (broad SMARTS) is 1. The molecule has 3 rings (SSSR count). The summed E-state index contributed by atoms with van der Waals surface area (Å²) in [6.45, 7) is 0. The Bertz CT molecular complexity index is 415. The van der Waals surface area contributed by atoms with Gasteiger partial charge in [0.1, 0.15) is 6.10 Å². The fraction of sp³-hybridized carbons (Fsp3) is 0.636. The van der Waals surface area contributed by atoms with Crippen molar-refractivity contribution < 1.29 is 14.6 Å². The van der Waals surface area contributed by atoms with Crippen LogP contribution in [0.25, 0.3) is 0 Å². The molecule has 2 aliphatic carbocycles. The second-order valence-electron chi connectivity index (χ2n) is 4.71. The molecule has 16 heavy (non-hydrogen) atoms. The summed E-state index contributed by atoms with van der Waals surface area (Å²) in [4.78, 5) is 10.6. The van der Waals surface area contributed by atoms with E-state index in [1.54, 1.807) is 6.07 Å². The van der Waals surface area contributed by atoms with E-state index in [0.29, 0.717) is 11.8 Å². The van der Waals surface area contributed by atoms with Crippen molar-refractivity contribution in [2.45, 2.75) is 31.8 Å². The van der Waals surface area contributed by atoms with Gasteiger partial charge in [-0.2, -0.15) is 4.68 Å². The Kier molecular flexibility index (Phi) is 2.12. The van der Waals surface area contributed by atoms with E-state index in [0.717, 1.165) is 17.0 Å². The van der Waals surface area contributed by atoms with Crippen LogP contribution >= 0.6 is 0 Å². The van der Waals surface area contributed by atoms with Crippen LogP contribution in [0.4, 0.5) is 4.79 Å². The molecule has 5 nitrogen and oxygen atoms in total. The van der Waals surface area contributed by atoms with Gasteiger partial charge in [-0.1, -0.05) is 0 Å². The predicted octanol–water partition coefficient (Wildman–Crippen LogP) is 1.98. The minimum atomic E-state index is -1.08. The van der Waals surface area contributed by atoms with Crippen LogP contribution in [-0.4, -0.2) is 27.1 Å². The molecule has 0 aliphatic heterocycles. The van der Waals surface area contributed by atoms with Crippen LogP contribution in [0.15, 0.2) is 12.3 Å². The van der Waals surface area contributed by atoms with Crippen molar-refractivity contribution in [3.05, 3.63) is 12.3 Å². The lowest BCUT2D eigenvalue weighted by Gasteiger charge is -2.21. The number of rotatable bonds is 2. The van der Waals surface area contributed by atoms with Crippen molar-refractivity contribution in [1.82, 2.24) is 9.78 Å². The second kappa shape index (κ2) is 3.50. The van der Waals surface area contributed by atoms with E-state index in [4.69, 9.17) is 9.84 Å². The molecule has 2 saturated carbocycles. The van der Waals surface area contributed by atoms with Crippen molar-refractivity contribution in [2.24, 2.45) is 11.8 Å². The molecule has 5 heteroatoms. The molecule has 2 fully saturated rings. The van der Waals surface area contributed by atoms with Crippen molar-refractivity contribution in [3.63, 3.8) is 0 Å². The van der Waals surface area contributed by atoms with Crippen molar-refractivity contribution in [2.75, 3.05) is 0 Å². The lowest BCUT2D eigenvalue weighted by atomic mass is 9.98. The van der Waals surface area contributed by atoms with Gasteiger partial charge in [0.15, 0.2) is 0 Å². The normalized spacial score (nSPS) is 31.9. The molecule has 0 radical (unpaired) electrons. The number of aromatic nitrogens is 2. The van der Waals surface area contributed by atoms with Crippen LogP contribution in [0.3, 0.4) is 0 Å². The van der Waals surface area contributed by atoms with Gasteiger partial charge >= 0.3 is 6.09 Å². The maximum Gasteiger partial charge on any atom is 0.432 e. The first-order chi connectivity index (χ1) is 7.72. The topological polar surface area (TPSA) is 64.3 Å². The van der Waals surface area contributed by atoms with Crippen LogP contribution < -0.4 is 4.74 Å². The van der Waals surface area contributed by atoms with Gasteiger partial charge in [0.2, 0.25) is 5.88 Å². The molecule has 1 aromatic heterocycles. The molecule has 0 saturated heterocycles. The van der Waals surface area contributed by atoms with Crippen LogP contribution in [0.2, 0.25) is 0 Å². The Hall–Kier alpha value is -1.52. The quantitative estimate of drug-likeness (QED) is 0.830. The average Bonchev–Trinajstić information content (AvgIpc) is 2.91. The van der Waals surface area contributed by atoms with Gasteiger partial charge in [0.05, 0.1) is 0 Å². The molecule has 0 spiro atoms. The third-order valence-corrected chi connectivity index (χ3v) is 3.71. The first kappa shape index (κ1) is 9.69. The zero-order valence-electron chi connectivity index (χ0n) is 8.87. The predicted molar refractivity (Wildman–Crippen MR) is 55.5 cm³/mol. The largest absolute Gasteiger partial charge is 0.473 e. The van der Waals surface area contributed by atoms with Gasteiger partial charge in [-0.05, 0) is 37.5 Å². The van der Waals surface area contributed by atoms with E-state index in [9.17, 15) is 4.79 Å². The fourth-order valence-electron chi connectivity index (χ4n) is 2.96. The Morgan fingerprint density at radius 3 is 2.94 bits per heavy atom. The van der Waals surface area contributed by atoms with Gasteiger partial charge < -0.3 is 9.84 Å². The Morgan fingerprint density at radius 1 is 1.50 bits per heavy atom. The summed E-state index contributed by atoms with van der Waals surface area (Å²) in [5, 5.41) is 12.6. The molecule has 1 heterocycles. The summed E-state index contributed by atoms with van der Waals surface area (Å²) in [6.07, 6.45) is 5.52. The van der Waals surface area contributed by atoms with E-state index < -0.39 is 6.09 Å². The summed E-state index contributed by atoms with van der Waals surface area (Å²) in [7, 11) is 0. The SMILES string of the molecule is O=C(O)n1ccc(O[C@H]2C[C@@H]3CC[C@H]2C3)n1. The Balaban J connectivity index is 1.68. The van der Waals surface area contributed by atoms with Gasteiger partial charge in [0.25, 0.3) is 0 Å². The zero-order valence-corrected chi connectivity index (χ0v) is 8.87. The average molecular weight is 222 g/mol. The molecule has 3 atom stereocenters. The van der Waals surface area contributed by atoms with E-state index in [2.05, 4.69) is 5.10 Å². The van der Waals surface area contributed by atoms with Crippen LogP contribution in [0, 0.1) is 11.8 Å². The number of hydrogen-bond acceptors (Lipinski definition) is 3. The van der Waals surface area contributed by atoms with E-state index in [1.165, 1.54) is 25.5 Å².